The first-order chi connectivity index (χ1) is 19.3. The third-order valence-electron chi connectivity index (χ3n) is 7.35. The SMILES string of the molecule is Cc1ccc(CC(=O)NC2CCC(CN(Cc3cccc(F)c3F)S(=O)(=O)c3ccccc3C(F)(F)F)CC2)cc1. The van der Waals surface area contributed by atoms with Gasteiger partial charge >= 0.3 is 6.18 Å². The number of carbonyl (C=O) groups excluding carboxylic acids is 1. The summed E-state index contributed by atoms with van der Waals surface area (Å²) in [5.74, 6) is -2.83. The topological polar surface area (TPSA) is 66.5 Å². The molecule has 4 rings (SSSR count). The van der Waals surface area contributed by atoms with Gasteiger partial charge in [0.2, 0.25) is 15.9 Å². The molecule has 11 heteroatoms. The van der Waals surface area contributed by atoms with Gasteiger partial charge in [0.1, 0.15) is 0 Å². The highest BCUT2D eigenvalue weighted by Crippen LogP contribution is 2.36. The minimum Gasteiger partial charge on any atom is -0.353 e. The van der Waals surface area contributed by atoms with E-state index in [-0.39, 0.29) is 36.4 Å². The lowest BCUT2D eigenvalue weighted by molar-refractivity contribution is -0.140. The van der Waals surface area contributed by atoms with Crippen LogP contribution in [-0.4, -0.2) is 31.2 Å². The molecular formula is C30H31F5N2O3S. The van der Waals surface area contributed by atoms with Crippen molar-refractivity contribution in [1.82, 2.24) is 9.62 Å². The average Bonchev–Trinajstić information content (AvgIpc) is 2.92. The molecule has 0 radical (unpaired) electrons. The first-order valence-corrected chi connectivity index (χ1v) is 14.7. The summed E-state index contributed by atoms with van der Waals surface area (Å²) < 4.78 is 97.7. The van der Waals surface area contributed by atoms with E-state index in [9.17, 15) is 35.2 Å². The van der Waals surface area contributed by atoms with E-state index >= 15 is 0 Å². The maximum atomic E-state index is 14.5. The van der Waals surface area contributed by atoms with Gasteiger partial charge in [0.15, 0.2) is 11.6 Å². The van der Waals surface area contributed by atoms with Crippen molar-refractivity contribution in [1.29, 1.82) is 0 Å². The van der Waals surface area contributed by atoms with Gasteiger partial charge in [-0.15, -0.1) is 0 Å². The van der Waals surface area contributed by atoms with E-state index in [2.05, 4.69) is 5.32 Å². The van der Waals surface area contributed by atoms with Crippen LogP contribution in [0, 0.1) is 24.5 Å². The van der Waals surface area contributed by atoms with Gasteiger partial charge in [-0.25, -0.2) is 17.2 Å². The second-order valence-electron chi connectivity index (χ2n) is 10.5. The molecule has 3 aromatic rings. The van der Waals surface area contributed by atoms with E-state index in [1.807, 2.05) is 31.2 Å². The van der Waals surface area contributed by atoms with Crippen LogP contribution >= 0.6 is 0 Å². The summed E-state index contributed by atoms with van der Waals surface area (Å²) >= 11 is 0. The molecule has 0 bridgehead atoms. The smallest absolute Gasteiger partial charge is 0.353 e. The van der Waals surface area contributed by atoms with Crippen molar-refractivity contribution in [3.05, 3.63) is 101 Å². The third-order valence-corrected chi connectivity index (χ3v) is 9.22. The van der Waals surface area contributed by atoms with Crippen LogP contribution < -0.4 is 5.32 Å². The lowest BCUT2D eigenvalue weighted by Gasteiger charge is -2.33. The molecule has 1 aliphatic carbocycles. The number of sulfonamides is 1. The van der Waals surface area contributed by atoms with Crippen molar-refractivity contribution < 1.29 is 35.2 Å². The highest BCUT2D eigenvalue weighted by molar-refractivity contribution is 7.89. The van der Waals surface area contributed by atoms with Gasteiger partial charge in [-0.3, -0.25) is 4.79 Å². The molecule has 0 saturated heterocycles. The highest BCUT2D eigenvalue weighted by Gasteiger charge is 2.40. The first-order valence-electron chi connectivity index (χ1n) is 13.3. The number of nitrogens with zero attached hydrogens (tertiary/aromatic N) is 1. The maximum Gasteiger partial charge on any atom is 0.417 e. The molecule has 5 nitrogen and oxygen atoms in total. The third kappa shape index (κ3) is 7.71. The molecule has 1 amide bonds. The molecule has 220 valence electrons. The zero-order valence-corrected chi connectivity index (χ0v) is 23.2. The Morgan fingerprint density at radius 2 is 1.59 bits per heavy atom. The summed E-state index contributed by atoms with van der Waals surface area (Å²) in [7, 11) is -4.76. The van der Waals surface area contributed by atoms with Crippen LogP contribution in [0.4, 0.5) is 22.0 Å². The zero-order valence-electron chi connectivity index (χ0n) is 22.4. The van der Waals surface area contributed by atoms with E-state index in [1.54, 1.807) is 0 Å². The molecule has 1 N–H and O–H groups in total. The van der Waals surface area contributed by atoms with Crippen LogP contribution in [0.25, 0.3) is 0 Å². The zero-order chi connectivity index (χ0) is 29.8. The quantitative estimate of drug-likeness (QED) is 0.292. The fourth-order valence-corrected chi connectivity index (χ4v) is 6.83. The Kier molecular flexibility index (Phi) is 9.48. The minimum atomic E-state index is -4.94. The Labute approximate surface area is 236 Å². The predicted octanol–water partition coefficient (Wildman–Crippen LogP) is 6.40. The Bertz CT molecular complexity index is 1470. The molecular weight excluding hydrogens is 563 g/mol. The van der Waals surface area contributed by atoms with E-state index in [4.69, 9.17) is 0 Å². The number of aryl methyl sites for hydroxylation is 1. The highest BCUT2D eigenvalue weighted by atomic mass is 32.2. The molecule has 0 heterocycles. The summed E-state index contributed by atoms with van der Waals surface area (Å²) in [6.45, 7) is 1.14. The van der Waals surface area contributed by atoms with Crippen molar-refractivity contribution in [3.8, 4) is 0 Å². The molecule has 1 saturated carbocycles. The average molecular weight is 595 g/mol. The molecule has 0 unspecified atom stereocenters. The molecule has 41 heavy (non-hydrogen) atoms. The predicted molar refractivity (Wildman–Crippen MR) is 144 cm³/mol. The molecule has 0 aromatic heterocycles. The number of alkyl halides is 3. The summed E-state index contributed by atoms with van der Waals surface area (Å²) in [5.41, 5.74) is 0.358. The van der Waals surface area contributed by atoms with E-state index in [1.165, 1.54) is 18.2 Å². The van der Waals surface area contributed by atoms with Crippen LogP contribution in [0.1, 0.15) is 47.9 Å². The molecule has 1 fully saturated rings. The van der Waals surface area contributed by atoms with Crippen molar-refractivity contribution in [3.63, 3.8) is 0 Å². The monoisotopic (exact) mass is 594 g/mol. The summed E-state index contributed by atoms with van der Waals surface area (Å²) in [4.78, 5) is 11.6. The Hall–Kier alpha value is -3.31. The van der Waals surface area contributed by atoms with Gasteiger partial charge in [-0.2, -0.15) is 17.5 Å². The van der Waals surface area contributed by atoms with Crippen LogP contribution in [0.5, 0.6) is 0 Å². The van der Waals surface area contributed by atoms with Crippen molar-refractivity contribution in [2.45, 2.75) is 62.7 Å². The standard InChI is InChI=1S/C30H31F5N2O3S/c1-20-9-11-21(12-10-20)17-28(38)36-24-15-13-22(14-16-24)18-37(19-23-5-4-7-26(31)29(23)32)41(39,40)27-8-3-2-6-25(27)30(33,34)35/h2-12,22,24H,13-19H2,1H3,(H,36,38). The van der Waals surface area contributed by atoms with Gasteiger partial charge in [0.25, 0.3) is 0 Å². The molecule has 0 atom stereocenters. The van der Waals surface area contributed by atoms with Gasteiger partial charge in [-0.05, 0) is 62.3 Å². The van der Waals surface area contributed by atoms with Crippen molar-refractivity contribution in [2.24, 2.45) is 5.92 Å². The van der Waals surface area contributed by atoms with E-state index < -0.39 is 44.8 Å². The number of amides is 1. The number of rotatable bonds is 9. The number of carbonyl (C=O) groups is 1. The first kappa shape index (κ1) is 30.6. The van der Waals surface area contributed by atoms with Crippen LogP contribution in [0.15, 0.2) is 71.6 Å². The minimum absolute atomic E-state index is 0.124. The number of hydrogen-bond donors (Lipinski definition) is 1. The second-order valence-corrected chi connectivity index (χ2v) is 12.4. The lowest BCUT2D eigenvalue weighted by atomic mass is 9.86. The van der Waals surface area contributed by atoms with Gasteiger partial charge in [0.05, 0.1) is 16.9 Å². The van der Waals surface area contributed by atoms with E-state index in [0.29, 0.717) is 31.7 Å². The molecule has 0 aliphatic heterocycles. The normalized spacial score (nSPS) is 17.9. The van der Waals surface area contributed by atoms with Crippen LogP contribution in [-0.2, 0) is 34.0 Å². The Balaban J connectivity index is 1.49. The van der Waals surface area contributed by atoms with Gasteiger partial charge in [-0.1, -0.05) is 54.1 Å². The van der Waals surface area contributed by atoms with Crippen molar-refractivity contribution >= 4 is 15.9 Å². The van der Waals surface area contributed by atoms with E-state index in [0.717, 1.165) is 33.6 Å². The van der Waals surface area contributed by atoms with Gasteiger partial charge < -0.3 is 5.32 Å². The van der Waals surface area contributed by atoms with Gasteiger partial charge in [0, 0.05) is 24.7 Å². The second kappa shape index (κ2) is 12.7. The summed E-state index contributed by atoms with van der Waals surface area (Å²) in [5, 5.41) is 3.00. The number of benzene rings is 3. The molecule has 1 aliphatic rings. The number of halogens is 5. The Morgan fingerprint density at radius 3 is 2.24 bits per heavy atom. The molecule has 3 aromatic carbocycles. The number of hydrogen-bond acceptors (Lipinski definition) is 3. The fourth-order valence-electron chi connectivity index (χ4n) is 5.12. The summed E-state index contributed by atoms with van der Waals surface area (Å²) in [6.07, 6.45) is -2.63. The van der Waals surface area contributed by atoms with Crippen LogP contribution in [0.2, 0.25) is 0 Å². The lowest BCUT2D eigenvalue weighted by Crippen LogP contribution is -2.41. The van der Waals surface area contributed by atoms with Crippen molar-refractivity contribution in [2.75, 3.05) is 6.54 Å². The maximum absolute atomic E-state index is 14.5. The van der Waals surface area contributed by atoms with Crippen LogP contribution in [0.3, 0.4) is 0 Å². The Morgan fingerprint density at radius 1 is 0.927 bits per heavy atom. The summed E-state index contributed by atoms with van der Waals surface area (Å²) in [6, 6.07) is 14.6. The molecule has 0 spiro atoms. The fraction of sp³-hybridized carbons (Fsp3) is 0.367. The largest absolute Gasteiger partial charge is 0.417 e. The number of nitrogens with one attached hydrogen (secondary N) is 1.